The van der Waals surface area contributed by atoms with Crippen molar-refractivity contribution in [2.24, 2.45) is 11.3 Å². The maximum atomic E-state index is 12.2. The zero-order valence-corrected chi connectivity index (χ0v) is 15.0. The topological polar surface area (TPSA) is 81.7 Å². The fourth-order valence-corrected chi connectivity index (χ4v) is 4.51. The highest BCUT2D eigenvalue weighted by molar-refractivity contribution is 6.06. The Balaban J connectivity index is 1.96. The monoisotopic (exact) mass is 325 g/mol. The third kappa shape index (κ3) is 3.86. The lowest BCUT2D eigenvalue weighted by atomic mass is 9.64. The van der Waals surface area contributed by atoms with E-state index in [0.717, 1.165) is 19.3 Å². The summed E-state index contributed by atoms with van der Waals surface area (Å²) in [4.78, 5) is 25.4. The number of aliphatic hydroxyl groups is 1. The van der Waals surface area contributed by atoms with E-state index < -0.39 is 5.54 Å². The van der Waals surface area contributed by atoms with Crippen LogP contribution in [0, 0.1) is 11.3 Å². The summed E-state index contributed by atoms with van der Waals surface area (Å²) < 4.78 is 0. The van der Waals surface area contributed by atoms with Gasteiger partial charge in [0.05, 0.1) is 6.61 Å². The second-order valence-corrected chi connectivity index (χ2v) is 8.73. The van der Waals surface area contributed by atoms with Gasteiger partial charge in [0.2, 0.25) is 0 Å². The van der Waals surface area contributed by atoms with Crippen LogP contribution in [0.3, 0.4) is 0 Å². The Hall–Kier alpha value is -1.14. The van der Waals surface area contributed by atoms with E-state index in [0.29, 0.717) is 19.0 Å². The molecular formula is C17H31N3O3. The summed E-state index contributed by atoms with van der Waals surface area (Å²) in [5.41, 5.74) is -0.973. The van der Waals surface area contributed by atoms with Gasteiger partial charge in [-0.05, 0) is 44.4 Å². The van der Waals surface area contributed by atoms with E-state index in [1.54, 1.807) is 13.8 Å². The first-order valence-electron chi connectivity index (χ1n) is 8.50. The van der Waals surface area contributed by atoms with Gasteiger partial charge in [-0.3, -0.25) is 9.69 Å². The SMILES string of the molecule is C[C@H]1CC(C)(C)C[C@@](CO)(NCCN2C(=O)NC(C)(C)C2=O)C1. The van der Waals surface area contributed by atoms with Crippen molar-refractivity contribution in [3.63, 3.8) is 0 Å². The van der Waals surface area contributed by atoms with Crippen LogP contribution in [0.2, 0.25) is 0 Å². The molecule has 1 saturated heterocycles. The van der Waals surface area contributed by atoms with Gasteiger partial charge < -0.3 is 15.7 Å². The molecule has 0 unspecified atom stereocenters. The lowest BCUT2D eigenvalue weighted by Crippen LogP contribution is -2.56. The second kappa shape index (κ2) is 6.06. The van der Waals surface area contributed by atoms with E-state index in [9.17, 15) is 14.7 Å². The van der Waals surface area contributed by atoms with E-state index in [1.807, 2.05) is 0 Å². The van der Waals surface area contributed by atoms with Crippen molar-refractivity contribution in [3.8, 4) is 0 Å². The van der Waals surface area contributed by atoms with Crippen molar-refractivity contribution in [1.29, 1.82) is 0 Å². The zero-order chi connectivity index (χ0) is 17.5. The van der Waals surface area contributed by atoms with Crippen molar-refractivity contribution < 1.29 is 14.7 Å². The maximum absolute atomic E-state index is 12.2. The van der Waals surface area contributed by atoms with Gasteiger partial charge in [-0.15, -0.1) is 0 Å². The molecule has 0 aromatic rings. The number of hydrogen-bond donors (Lipinski definition) is 3. The highest BCUT2D eigenvalue weighted by Gasteiger charge is 2.45. The number of hydrogen-bond acceptors (Lipinski definition) is 4. The smallest absolute Gasteiger partial charge is 0.325 e. The van der Waals surface area contributed by atoms with Gasteiger partial charge in [0.15, 0.2) is 0 Å². The summed E-state index contributed by atoms with van der Waals surface area (Å²) >= 11 is 0. The van der Waals surface area contributed by atoms with Crippen LogP contribution in [-0.4, -0.2) is 52.7 Å². The van der Waals surface area contributed by atoms with Crippen molar-refractivity contribution >= 4 is 11.9 Å². The lowest BCUT2D eigenvalue weighted by Gasteiger charge is -2.47. The van der Waals surface area contributed by atoms with Gasteiger partial charge in [-0.25, -0.2) is 4.79 Å². The van der Waals surface area contributed by atoms with Crippen LogP contribution >= 0.6 is 0 Å². The van der Waals surface area contributed by atoms with E-state index in [2.05, 4.69) is 31.4 Å². The molecule has 6 heteroatoms. The highest BCUT2D eigenvalue weighted by atomic mass is 16.3. The predicted molar refractivity (Wildman–Crippen MR) is 88.9 cm³/mol. The first-order valence-corrected chi connectivity index (χ1v) is 8.50. The molecule has 2 fully saturated rings. The summed E-state index contributed by atoms with van der Waals surface area (Å²) in [6.07, 6.45) is 2.96. The van der Waals surface area contributed by atoms with Crippen LogP contribution in [0.15, 0.2) is 0 Å². The minimum atomic E-state index is -0.826. The molecule has 1 saturated carbocycles. The molecule has 3 amide bonds. The molecule has 0 radical (unpaired) electrons. The molecule has 1 aliphatic heterocycles. The number of urea groups is 1. The number of aliphatic hydroxyl groups excluding tert-OH is 1. The summed E-state index contributed by atoms with van der Waals surface area (Å²) in [7, 11) is 0. The van der Waals surface area contributed by atoms with Crippen molar-refractivity contribution in [3.05, 3.63) is 0 Å². The number of amides is 3. The predicted octanol–water partition coefficient (Wildman–Crippen LogP) is 1.48. The van der Waals surface area contributed by atoms with Crippen LogP contribution < -0.4 is 10.6 Å². The molecule has 2 aliphatic rings. The molecule has 23 heavy (non-hydrogen) atoms. The van der Waals surface area contributed by atoms with Gasteiger partial charge in [0.1, 0.15) is 5.54 Å². The number of rotatable bonds is 5. The minimum absolute atomic E-state index is 0.0758. The molecule has 6 nitrogen and oxygen atoms in total. The zero-order valence-electron chi connectivity index (χ0n) is 15.0. The van der Waals surface area contributed by atoms with E-state index >= 15 is 0 Å². The Morgan fingerprint density at radius 1 is 1.26 bits per heavy atom. The molecule has 3 N–H and O–H groups in total. The molecule has 0 aromatic carbocycles. The van der Waals surface area contributed by atoms with Crippen LogP contribution in [0.25, 0.3) is 0 Å². The number of nitrogens with zero attached hydrogens (tertiary/aromatic N) is 1. The average Bonchev–Trinajstić information content (AvgIpc) is 2.58. The molecule has 1 heterocycles. The lowest BCUT2D eigenvalue weighted by molar-refractivity contribution is -0.130. The van der Waals surface area contributed by atoms with Gasteiger partial charge in [0.25, 0.3) is 5.91 Å². The first-order chi connectivity index (χ1) is 10.5. The Labute approximate surface area is 139 Å². The fourth-order valence-electron chi connectivity index (χ4n) is 4.51. The Bertz CT molecular complexity index is 489. The minimum Gasteiger partial charge on any atom is -0.394 e. The van der Waals surface area contributed by atoms with Gasteiger partial charge >= 0.3 is 6.03 Å². The van der Waals surface area contributed by atoms with E-state index in [4.69, 9.17) is 0 Å². The van der Waals surface area contributed by atoms with Crippen molar-refractivity contribution in [1.82, 2.24) is 15.5 Å². The Morgan fingerprint density at radius 3 is 2.39 bits per heavy atom. The number of carbonyl (C=O) groups is 2. The summed E-state index contributed by atoms with van der Waals surface area (Å²) in [6, 6.07) is -0.336. The molecule has 0 bridgehead atoms. The number of nitrogens with one attached hydrogen (secondary N) is 2. The first kappa shape index (κ1) is 18.2. The van der Waals surface area contributed by atoms with Gasteiger partial charge in [-0.1, -0.05) is 20.8 Å². The fraction of sp³-hybridized carbons (Fsp3) is 0.882. The Morgan fingerprint density at radius 2 is 1.91 bits per heavy atom. The molecule has 132 valence electrons. The van der Waals surface area contributed by atoms with Crippen LogP contribution in [0.5, 0.6) is 0 Å². The molecule has 0 aromatic heterocycles. The van der Waals surface area contributed by atoms with Crippen LogP contribution in [0.1, 0.15) is 53.9 Å². The van der Waals surface area contributed by atoms with E-state index in [1.165, 1.54) is 4.90 Å². The quantitative estimate of drug-likeness (QED) is 0.669. The van der Waals surface area contributed by atoms with Crippen LogP contribution in [-0.2, 0) is 4.79 Å². The van der Waals surface area contributed by atoms with Gasteiger partial charge in [0, 0.05) is 18.6 Å². The van der Waals surface area contributed by atoms with E-state index in [-0.39, 0.29) is 29.5 Å². The molecular weight excluding hydrogens is 294 g/mol. The highest BCUT2D eigenvalue weighted by Crippen LogP contribution is 2.43. The van der Waals surface area contributed by atoms with Gasteiger partial charge in [-0.2, -0.15) is 0 Å². The summed E-state index contributed by atoms with van der Waals surface area (Å²) in [6.45, 7) is 11.0. The number of imide groups is 1. The normalized spacial score (nSPS) is 33.0. The third-order valence-corrected chi connectivity index (χ3v) is 5.04. The standard InChI is InChI=1S/C17H31N3O3/c1-12-8-15(2,3)10-17(9-12,11-21)18-6-7-20-13(22)16(4,5)19-14(20)23/h12,18,21H,6-11H2,1-5H3,(H,19,23)/t12-,17-/m0/s1. The van der Waals surface area contributed by atoms with Crippen LogP contribution in [0.4, 0.5) is 4.79 Å². The summed E-state index contributed by atoms with van der Waals surface area (Å²) in [5.74, 6) is 0.341. The Kier molecular flexibility index (Phi) is 4.79. The van der Waals surface area contributed by atoms with Crippen molar-refractivity contribution in [2.75, 3.05) is 19.7 Å². The molecule has 0 spiro atoms. The second-order valence-electron chi connectivity index (χ2n) is 8.73. The third-order valence-electron chi connectivity index (χ3n) is 5.04. The molecule has 1 aliphatic carbocycles. The van der Waals surface area contributed by atoms with Crippen molar-refractivity contribution in [2.45, 2.75) is 65.0 Å². The summed E-state index contributed by atoms with van der Waals surface area (Å²) in [5, 5.41) is 16.1. The maximum Gasteiger partial charge on any atom is 0.325 e. The molecule has 2 atom stereocenters. The molecule has 2 rings (SSSR count). The number of carbonyl (C=O) groups excluding carboxylic acids is 2. The average molecular weight is 325 g/mol. The largest absolute Gasteiger partial charge is 0.394 e.